The van der Waals surface area contributed by atoms with Crippen LogP contribution in [0.15, 0.2) is 31.0 Å². The van der Waals surface area contributed by atoms with Gasteiger partial charge in [-0.1, -0.05) is 6.08 Å². The van der Waals surface area contributed by atoms with Gasteiger partial charge < -0.3 is 9.84 Å². The predicted molar refractivity (Wildman–Crippen MR) is 64.0 cm³/mol. The average Bonchev–Trinajstić information content (AvgIpc) is 2.30. The fraction of sp³-hybridized carbons (Fsp3) is 0.333. The summed E-state index contributed by atoms with van der Waals surface area (Å²) in [5.41, 5.74) is 0.614. The molecule has 1 aromatic heterocycles. The molecule has 0 fully saturated rings. The summed E-state index contributed by atoms with van der Waals surface area (Å²) in [6, 6.07) is 2.61. The molecule has 5 heteroatoms. The molecule has 17 heavy (non-hydrogen) atoms. The molecule has 0 saturated heterocycles. The van der Waals surface area contributed by atoms with Crippen LogP contribution in [0.2, 0.25) is 0 Å². The van der Waals surface area contributed by atoms with Crippen LogP contribution >= 0.6 is 0 Å². The Morgan fingerprint density at radius 1 is 1.71 bits per heavy atom. The maximum atomic E-state index is 11.2. The largest absolute Gasteiger partial charge is 0.481 e. The van der Waals surface area contributed by atoms with Crippen LogP contribution in [0.3, 0.4) is 0 Å². The summed E-state index contributed by atoms with van der Waals surface area (Å²) in [6.07, 6.45) is 3.17. The molecule has 1 atom stereocenters. The summed E-state index contributed by atoms with van der Waals surface area (Å²) in [6.45, 7) is 4.08. The molecule has 0 spiro atoms. The summed E-state index contributed by atoms with van der Waals surface area (Å²) in [7, 11) is 3.24. The van der Waals surface area contributed by atoms with Crippen molar-refractivity contribution in [1.82, 2.24) is 9.88 Å². The summed E-state index contributed by atoms with van der Waals surface area (Å²) in [5.74, 6) is -0.453. The number of aliphatic carboxylic acids is 1. The van der Waals surface area contributed by atoms with Crippen LogP contribution in [-0.4, -0.2) is 41.7 Å². The number of aromatic nitrogens is 1. The molecule has 0 aromatic carbocycles. The van der Waals surface area contributed by atoms with Gasteiger partial charge in [-0.3, -0.25) is 9.69 Å². The molecule has 1 aromatic rings. The molecule has 92 valence electrons. The van der Waals surface area contributed by atoms with E-state index in [0.29, 0.717) is 18.0 Å². The van der Waals surface area contributed by atoms with Crippen molar-refractivity contribution in [3.8, 4) is 5.88 Å². The highest BCUT2D eigenvalue weighted by molar-refractivity contribution is 5.75. The Kier molecular flexibility index (Phi) is 4.66. The van der Waals surface area contributed by atoms with Crippen LogP contribution in [0, 0.1) is 0 Å². The van der Waals surface area contributed by atoms with Crippen LogP contribution in [0.5, 0.6) is 5.88 Å². The lowest BCUT2D eigenvalue weighted by Crippen LogP contribution is -2.31. The number of likely N-dealkylation sites (N-methyl/N-ethyl adjacent to an activating group) is 1. The molecule has 0 aliphatic rings. The molecule has 1 heterocycles. The second kappa shape index (κ2) is 6.00. The SMILES string of the molecule is C=CCN(C)[C@@H](C(=O)O)c1ccc(OC)nc1. The monoisotopic (exact) mass is 236 g/mol. The maximum absolute atomic E-state index is 11.2. The van der Waals surface area contributed by atoms with E-state index in [4.69, 9.17) is 4.74 Å². The molecule has 0 amide bonds. The highest BCUT2D eigenvalue weighted by Gasteiger charge is 2.24. The van der Waals surface area contributed by atoms with Gasteiger partial charge >= 0.3 is 5.97 Å². The Hall–Kier alpha value is -1.88. The van der Waals surface area contributed by atoms with Crippen LogP contribution in [0.4, 0.5) is 0 Å². The molecular weight excluding hydrogens is 220 g/mol. The lowest BCUT2D eigenvalue weighted by Gasteiger charge is -2.23. The van der Waals surface area contributed by atoms with Gasteiger partial charge in [0.2, 0.25) is 5.88 Å². The molecule has 0 aliphatic carbocycles. The van der Waals surface area contributed by atoms with Crippen molar-refractivity contribution < 1.29 is 14.6 Å². The summed E-state index contributed by atoms with van der Waals surface area (Å²) < 4.78 is 4.93. The Labute approximate surface area is 100 Å². The molecule has 0 aliphatic heterocycles. The third-order valence-electron chi connectivity index (χ3n) is 2.38. The minimum Gasteiger partial charge on any atom is -0.481 e. The fourth-order valence-corrected chi connectivity index (χ4v) is 1.57. The third kappa shape index (κ3) is 3.29. The van der Waals surface area contributed by atoms with Gasteiger partial charge in [-0.25, -0.2) is 4.98 Å². The molecular formula is C12H16N2O3. The number of hydrogen-bond acceptors (Lipinski definition) is 4. The average molecular weight is 236 g/mol. The number of pyridine rings is 1. The van der Waals surface area contributed by atoms with Gasteiger partial charge in [0.05, 0.1) is 7.11 Å². The fourth-order valence-electron chi connectivity index (χ4n) is 1.57. The van der Waals surface area contributed by atoms with Crippen molar-refractivity contribution in [2.75, 3.05) is 20.7 Å². The number of ether oxygens (including phenoxy) is 1. The van der Waals surface area contributed by atoms with Crippen molar-refractivity contribution in [2.45, 2.75) is 6.04 Å². The number of carbonyl (C=O) groups is 1. The molecule has 0 radical (unpaired) electrons. The molecule has 5 nitrogen and oxygen atoms in total. The van der Waals surface area contributed by atoms with Gasteiger partial charge in [0.25, 0.3) is 0 Å². The minimum absolute atomic E-state index is 0.462. The summed E-state index contributed by atoms with van der Waals surface area (Å²) in [5, 5.41) is 9.22. The second-order valence-electron chi connectivity index (χ2n) is 3.60. The first-order valence-corrected chi connectivity index (χ1v) is 5.14. The number of carboxylic acids is 1. The van der Waals surface area contributed by atoms with Crippen molar-refractivity contribution in [3.05, 3.63) is 36.5 Å². The number of carboxylic acid groups (broad SMARTS) is 1. The minimum atomic E-state index is -0.915. The Balaban J connectivity index is 2.96. The molecule has 0 unspecified atom stereocenters. The van der Waals surface area contributed by atoms with Crippen molar-refractivity contribution in [2.24, 2.45) is 0 Å². The van der Waals surface area contributed by atoms with Crippen LogP contribution in [-0.2, 0) is 4.79 Å². The number of methoxy groups -OCH3 is 1. The van der Waals surface area contributed by atoms with E-state index in [-0.39, 0.29) is 0 Å². The van der Waals surface area contributed by atoms with E-state index in [9.17, 15) is 9.90 Å². The van der Waals surface area contributed by atoms with E-state index in [1.54, 1.807) is 30.2 Å². The zero-order chi connectivity index (χ0) is 12.8. The maximum Gasteiger partial charge on any atom is 0.325 e. The Morgan fingerprint density at radius 2 is 2.41 bits per heavy atom. The quantitative estimate of drug-likeness (QED) is 0.755. The van der Waals surface area contributed by atoms with Crippen molar-refractivity contribution in [3.63, 3.8) is 0 Å². The van der Waals surface area contributed by atoms with Gasteiger partial charge in [0.15, 0.2) is 0 Å². The zero-order valence-electron chi connectivity index (χ0n) is 9.96. The van der Waals surface area contributed by atoms with E-state index >= 15 is 0 Å². The Bertz CT molecular complexity index is 389. The summed E-state index contributed by atoms with van der Waals surface area (Å²) >= 11 is 0. The second-order valence-corrected chi connectivity index (χ2v) is 3.60. The first-order chi connectivity index (χ1) is 8.10. The predicted octanol–water partition coefficient (Wildman–Crippen LogP) is 1.33. The van der Waals surface area contributed by atoms with Gasteiger partial charge in [0.1, 0.15) is 6.04 Å². The Morgan fingerprint density at radius 3 is 2.82 bits per heavy atom. The molecule has 0 saturated carbocycles. The van der Waals surface area contributed by atoms with E-state index in [0.717, 1.165) is 0 Å². The summed E-state index contributed by atoms with van der Waals surface area (Å²) in [4.78, 5) is 16.9. The lowest BCUT2D eigenvalue weighted by molar-refractivity contribution is -0.142. The third-order valence-corrected chi connectivity index (χ3v) is 2.38. The van der Waals surface area contributed by atoms with Gasteiger partial charge in [-0.15, -0.1) is 6.58 Å². The number of hydrogen-bond donors (Lipinski definition) is 1. The van der Waals surface area contributed by atoms with Crippen LogP contribution in [0.25, 0.3) is 0 Å². The van der Waals surface area contributed by atoms with Crippen molar-refractivity contribution >= 4 is 5.97 Å². The molecule has 0 bridgehead atoms. The van der Waals surface area contributed by atoms with Gasteiger partial charge in [-0.05, 0) is 18.7 Å². The van der Waals surface area contributed by atoms with Crippen molar-refractivity contribution in [1.29, 1.82) is 0 Å². The van der Waals surface area contributed by atoms with E-state index < -0.39 is 12.0 Å². The van der Waals surface area contributed by atoms with Crippen LogP contribution in [0.1, 0.15) is 11.6 Å². The molecule has 1 rings (SSSR count). The highest BCUT2D eigenvalue weighted by Crippen LogP contribution is 2.20. The first kappa shape index (κ1) is 13.2. The number of nitrogens with zero attached hydrogens (tertiary/aromatic N) is 2. The van der Waals surface area contributed by atoms with Gasteiger partial charge in [0, 0.05) is 18.8 Å². The highest BCUT2D eigenvalue weighted by atomic mass is 16.5. The van der Waals surface area contributed by atoms with Crippen LogP contribution < -0.4 is 4.74 Å². The number of rotatable bonds is 6. The lowest BCUT2D eigenvalue weighted by atomic mass is 10.1. The smallest absolute Gasteiger partial charge is 0.325 e. The van der Waals surface area contributed by atoms with Gasteiger partial charge in [-0.2, -0.15) is 0 Å². The zero-order valence-corrected chi connectivity index (χ0v) is 9.96. The first-order valence-electron chi connectivity index (χ1n) is 5.14. The van der Waals surface area contributed by atoms with E-state index in [1.807, 2.05) is 0 Å². The normalized spacial score (nSPS) is 12.2. The van der Waals surface area contributed by atoms with E-state index in [1.165, 1.54) is 13.3 Å². The topological polar surface area (TPSA) is 62.7 Å². The van der Waals surface area contributed by atoms with E-state index in [2.05, 4.69) is 11.6 Å². The standard InChI is InChI=1S/C12H16N2O3/c1-4-7-14(2)11(12(15)16)9-5-6-10(17-3)13-8-9/h4-6,8,11H,1,7H2,2-3H3,(H,15,16)/t11-/m1/s1. The molecule has 1 N–H and O–H groups in total.